The van der Waals surface area contributed by atoms with E-state index in [9.17, 15) is 5.11 Å². The predicted molar refractivity (Wildman–Crippen MR) is 61.9 cm³/mol. The van der Waals surface area contributed by atoms with Gasteiger partial charge >= 0.3 is 0 Å². The standard InChI is InChI=1S/C13H14N2O/c1-10-4-2-3-5-11(10)6-13(16)12-7-14-9-15-8-12/h2-5,7-9,13,16H,6H2,1H3. The van der Waals surface area contributed by atoms with Crippen molar-refractivity contribution in [3.63, 3.8) is 0 Å². The van der Waals surface area contributed by atoms with Gasteiger partial charge in [0.25, 0.3) is 0 Å². The van der Waals surface area contributed by atoms with Crippen LogP contribution in [-0.2, 0) is 6.42 Å². The lowest BCUT2D eigenvalue weighted by molar-refractivity contribution is 0.177. The van der Waals surface area contributed by atoms with E-state index >= 15 is 0 Å². The topological polar surface area (TPSA) is 46.0 Å². The summed E-state index contributed by atoms with van der Waals surface area (Å²) in [5.41, 5.74) is 3.10. The summed E-state index contributed by atoms with van der Waals surface area (Å²) in [6.45, 7) is 2.05. The van der Waals surface area contributed by atoms with Gasteiger partial charge in [0, 0.05) is 24.4 Å². The molecule has 3 heteroatoms. The molecule has 0 spiro atoms. The fraction of sp³-hybridized carbons (Fsp3) is 0.231. The van der Waals surface area contributed by atoms with Gasteiger partial charge in [0.05, 0.1) is 6.10 Å². The van der Waals surface area contributed by atoms with Crippen molar-refractivity contribution < 1.29 is 5.11 Å². The van der Waals surface area contributed by atoms with Crippen LogP contribution in [0.5, 0.6) is 0 Å². The van der Waals surface area contributed by atoms with Crippen molar-refractivity contribution in [3.8, 4) is 0 Å². The smallest absolute Gasteiger partial charge is 0.115 e. The van der Waals surface area contributed by atoms with E-state index in [2.05, 4.69) is 9.97 Å². The Bertz CT molecular complexity index is 456. The predicted octanol–water partition coefficient (Wildman–Crippen LogP) is 2.06. The van der Waals surface area contributed by atoms with Crippen LogP contribution in [-0.4, -0.2) is 15.1 Å². The van der Waals surface area contributed by atoms with E-state index in [0.717, 1.165) is 11.1 Å². The highest BCUT2D eigenvalue weighted by atomic mass is 16.3. The van der Waals surface area contributed by atoms with Crippen molar-refractivity contribution in [1.29, 1.82) is 0 Å². The Kier molecular flexibility index (Phi) is 3.27. The quantitative estimate of drug-likeness (QED) is 0.850. The zero-order valence-corrected chi connectivity index (χ0v) is 9.17. The summed E-state index contributed by atoms with van der Waals surface area (Å²) in [7, 11) is 0. The summed E-state index contributed by atoms with van der Waals surface area (Å²) in [5.74, 6) is 0. The van der Waals surface area contributed by atoms with E-state index in [0.29, 0.717) is 6.42 Å². The molecule has 1 aromatic carbocycles. The molecular formula is C13H14N2O. The average Bonchev–Trinajstić information content (AvgIpc) is 2.33. The monoisotopic (exact) mass is 214 g/mol. The number of aryl methyl sites for hydroxylation is 1. The van der Waals surface area contributed by atoms with Crippen molar-refractivity contribution in [3.05, 3.63) is 59.7 Å². The summed E-state index contributed by atoms with van der Waals surface area (Å²) < 4.78 is 0. The second kappa shape index (κ2) is 4.86. The lowest BCUT2D eigenvalue weighted by atomic mass is 10.00. The molecule has 82 valence electrons. The van der Waals surface area contributed by atoms with Crippen LogP contribution in [0.1, 0.15) is 22.8 Å². The molecule has 1 unspecified atom stereocenters. The Morgan fingerprint density at radius 3 is 2.56 bits per heavy atom. The van der Waals surface area contributed by atoms with Crippen LogP contribution in [0, 0.1) is 6.92 Å². The number of benzene rings is 1. The van der Waals surface area contributed by atoms with E-state index in [1.807, 2.05) is 31.2 Å². The minimum atomic E-state index is -0.540. The maximum atomic E-state index is 10.0. The Hall–Kier alpha value is -1.74. The molecule has 1 atom stereocenters. The Morgan fingerprint density at radius 2 is 1.88 bits per heavy atom. The fourth-order valence-electron chi connectivity index (χ4n) is 1.65. The molecule has 16 heavy (non-hydrogen) atoms. The van der Waals surface area contributed by atoms with Gasteiger partial charge < -0.3 is 5.11 Å². The van der Waals surface area contributed by atoms with Crippen LogP contribution < -0.4 is 0 Å². The van der Waals surface area contributed by atoms with Crippen LogP contribution in [0.3, 0.4) is 0 Å². The number of nitrogens with zero attached hydrogens (tertiary/aromatic N) is 2. The largest absolute Gasteiger partial charge is 0.388 e. The zero-order valence-electron chi connectivity index (χ0n) is 9.17. The van der Waals surface area contributed by atoms with Gasteiger partial charge in [-0.3, -0.25) is 0 Å². The van der Waals surface area contributed by atoms with Gasteiger partial charge in [0.2, 0.25) is 0 Å². The first kappa shape index (κ1) is 10.8. The molecule has 0 bridgehead atoms. The summed E-state index contributed by atoms with van der Waals surface area (Å²) in [4.78, 5) is 7.80. The minimum Gasteiger partial charge on any atom is -0.388 e. The van der Waals surface area contributed by atoms with Gasteiger partial charge in [-0.15, -0.1) is 0 Å². The fourth-order valence-corrected chi connectivity index (χ4v) is 1.65. The number of hydrogen-bond acceptors (Lipinski definition) is 3. The molecule has 0 radical (unpaired) electrons. The van der Waals surface area contributed by atoms with Gasteiger partial charge in [-0.05, 0) is 18.1 Å². The molecule has 0 aliphatic rings. The highest BCUT2D eigenvalue weighted by Gasteiger charge is 2.09. The molecule has 0 saturated heterocycles. The summed E-state index contributed by atoms with van der Waals surface area (Å²) in [5, 5.41) is 10.0. The van der Waals surface area contributed by atoms with E-state index in [4.69, 9.17) is 0 Å². The Labute approximate surface area is 94.8 Å². The lowest BCUT2D eigenvalue weighted by Crippen LogP contribution is -2.03. The first-order valence-electron chi connectivity index (χ1n) is 5.25. The maximum absolute atomic E-state index is 10.0. The highest BCUT2D eigenvalue weighted by Crippen LogP contribution is 2.18. The molecule has 1 N–H and O–H groups in total. The first-order chi connectivity index (χ1) is 7.77. The van der Waals surface area contributed by atoms with Gasteiger partial charge in [-0.1, -0.05) is 24.3 Å². The summed E-state index contributed by atoms with van der Waals surface area (Å²) >= 11 is 0. The van der Waals surface area contributed by atoms with Crippen molar-refractivity contribution in [2.75, 3.05) is 0 Å². The van der Waals surface area contributed by atoms with Crippen LogP contribution in [0.2, 0.25) is 0 Å². The second-order valence-electron chi connectivity index (χ2n) is 3.82. The van der Waals surface area contributed by atoms with Crippen molar-refractivity contribution in [2.45, 2.75) is 19.4 Å². The number of aromatic nitrogens is 2. The molecule has 1 heterocycles. The van der Waals surface area contributed by atoms with Crippen molar-refractivity contribution in [2.24, 2.45) is 0 Å². The molecule has 0 aliphatic carbocycles. The molecule has 0 saturated carbocycles. The Balaban J connectivity index is 2.14. The zero-order chi connectivity index (χ0) is 11.4. The molecule has 2 rings (SSSR count). The number of aliphatic hydroxyl groups excluding tert-OH is 1. The third-order valence-electron chi connectivity index (χ3n) is 2.64. The molecule has 0 fully saturated rings. The summed E-state index contributed by atoms with van der Waals surface area (Å²) in [6, 6.07) is 8.05. The van der Waals surface area contributed by atoms with Crippen LogP contribution in [0.4, 0.5) is 0 Å². The van der Waals surface area contributed by atoms with Gasteiger partial charge in [-0.25, -0.2) is 9.97 Å². The molecule has 0 aliphatic heterocycles. The SMILES string of the molecule is Cc1ccccc1CC(O)c1cncnc1. The molecule has 1 aromatic heterocycles. The normalized spacial score (nSPS) is 12.4. The van der Waals surface area contributed by atoms with Gasteiger partial charge in [0.1, 0.15) is 6.33 Å². The van der Waals surface area contributed by atoms with E-state index in [-0.39, 0.29) is 0 Å². The van der Waals surface area contributed by atoms with Crippen LogP contribution >= 0.6 is 0 Å². The number of rotatable bonds is 3. The highest BCUT2D eigenvalue weighted by molar-refractivity contribution is 5.27. The average molecular weight is 214 g/mol. The maximum Gasteiger partial charge on any atom is 0.115 e. The van der Waals surface area contributed by atoms with Gasteiger partial charge in [0.15, 0.2) is 0 Å². The molecule has 2 aromatic rings. The van der Waals surface area contributed by atoms with E-state index < -0.39 is 6.10 Å². The summed E-state index contributed by atoms with van der Waals surface area (Å²) in [6.07, 6.45) is 4.82. The Morgan fingerprint density at radius 1 is 1.19 bits per heavy atom. The molecule has 3 nitrogen and oxygen atoms in total. The third-order valence-corrected chi connectivity index (χ3v) is 2.64. The van der Waals surface area contributed by atoms with E-state index in [1.54, 1.807) is 12.4 Å². The number of hydrogen-bond donors (Lipinski definition) is 1. The minimum absolute atomic E-state index is 0.540. The molecule has 0 amide bonds. The van der Waals surface area contributed by atoms with Crippen molar-refractivity contribution in [1.82, 2.24) is 9.97 Å². The third kappa shape index (κ3) is 2.44. The van der Waals surface area contributed by atoms with E-state index in [1.165, 1.54) is 11.9 Å². The molecular weight excluding hydrogens is 200 g/mol. The van der Waals surface area contributed by atoms with Crippen LogP contribution in [0.25, 0.3) is 0 Å². The van der Waals surface area contributed by atoms with Gasteiger partial charge in [-0.2, -0.15) is 0 Å². The first-order valence-corrected chi connectivity index (χ1v) is 5.25. The number of aliphatic hydroxyl groups is 1. The van der Waals surface area contributed by atoms with Crippen LogP contribution in [0.15, 0.2) is 43.0 Å². The van der Waals surface area contributed by atoms with Crippen molar-refractivity contribution >= 4 is 0 Å². The lowest BCUT2D eigenvalue weighted by Gasteiger charge is -2.11. The second-order valence-corrected chi connectivity index (χ2v) is 3.82.